The lowest BCUT2D eigenvalue weighted by Crippen LogP contribution is -2.42. The van der Waals surface area contributed by atoms with E-state index < -0.39 is 0 Å². The fourth-order valence-electron chi connectivity index (χ4n) is 2.94. The molecule has 4 nitrogen and oxygen atoms in total. The van der Waals surface area contributed by atoms with Crippen LogP contribution in [-0.2, 0) is 4.74 Å². The number of ether oxygens (including phenoxy) is 1. The van der Waals surface area contributed by atoms with Crippen molar-refractivity contribution in [1.29, 1.82) is 0 Å². The average Bonchev–Trinajstić information content (AvgIpc) is 2.60. The third-order valence-corrected chi connectivity index (χ3v) is 4.24. The standard InChI is InChI=1S/C12H20N2O2/c15-12-14(10-4-1-5-10)8-11(16-12)9-3-2-6-13-7-9/h9-11,13H,1-8H2. The molecule has 3 aliphatic rings. The summed E-state index contributed by atoms with van der Waals surface area (Å²) in [4.78, 5) is 13.7. The van der Waals surface area contributed by atoms with E-state index in [1.807, 2.05) is 4.90 Å². The molecule has 1 amide bonds. The van der Waals surface area contributed by atoms with Crippen LogP contribution >= 0.6 is 0 Å². The first-order valence-electron chi connectivity index (χ1n) is 6.52. The molecule has 0 aromatic heterocycles. The van der Waals surface area contributed by atoms with Gasteiger partial charge in [-0.3, -0.25) is 0 Å². The van der Waals surface area contributed by atoms with Gasteiger partial charge in [-0.25, -0.2) is 4.79 Å². The Bertz CT molecular complexity index is 272. The third kappa shape index (κ3) is 1.79. The molecule has 3 fully saturated rings. The van der Waals surface area contributed by atoms with Gasteiger partial charge in [0, 0.05) is 18.5 Å². The van der Waals surface area contributed by atoms with Crippen LogP contribution in [-0.4, -0.2) is 42.8 Å². The summed E-state index contributed by atoms with van der Waals surface area (Å²) in [6.07, 6.45) is 6.09. The number of rotatable bonds is 2. The van der Waals surface area contributed by atoms with Crippen LogP contribution in [0, 0.1) is 5.92 Å². The second-order valence-electron chi connectivity index (χ2n) is 5.27. The van der Waals surface area contributed by atoms with Crippen molar-refractivity contribution in [2.75, 3.05) is 19.6 Å². The lowest BCUT2D eigenvalue weighted by molar-refractivity contribution is 0.0905. The molecule has 2 saturated heterocycles. The summed E-state index contributed by atoms with van der Waals surface area (Å²) in [6.45, 7) is 2.95. The van der Waals surface area contributed by atoms with Crippen molar-refractivity contribution in [2.45, 2.75) is 44.2 Å². The van der Waals surface area contributed by atoms with Gasteiger partial charge in [0.05, 0.1) is 6.54 Å². The second-order valence-corrected chi connectivity index (χ2v) is 5.27. The third-order valence-electron chi connectivity index (χ3n) is 4.24. The van der Waals surface area contributed by atoms with Gasteiger partial charge in [-0.05, 0) is 38.6 Å². The number of nitrogens with one attached hydrogen (secondary N) is 1. The molecule has 2 heterocycles. The molecule has 0 aromatic carbocycles. The van der Waals surface area contributed by atoms with Crippen molar-refractivity contribution >= 4 is 6.09 Å². The highest BCUT2D eigenvalue weighted by Crippen LogP contribution is 2.31. The van der Waals surface area contributed by atoms with Gasteiger partial charge in [0.1, 0.15) is 6.10 Å². The van der Waals surface area contributed by atoms with E-state index in [0.29, 0.717) is 12.0 Å². The maximum absolute atomic E-state index is 11.7. The Morgan fingerprint density at radius 1 is 1.25 bits per heavy atom. The number of nitrogens with zero attached hydrogens (tertiary/aromatic N) is 1. The summed E-state index contributed by atoms with van der Waals surface area (Å²) in [6, 6.07) is 0.481. The Morgan fingerprint density at radius 2 is 2.12 bits per heavy atom. The van der Waals surface area contributed by atoms with Crippen molar-refractivity contribution < 1.29 is 9.53 Å². The number of cyclic esters (lactones) is 1. The zero-order valence-electron chi connectivity index (χ0n) is 9.65. The number of carbonyl (C=O) groups excluding carboxylic acids is 1. The smallest absolute Gasteiger partial charge is 0.410 e. The van der Waals surface area contributed by atoms with Crippen LogP contribution in [0.5, 0.6) is 0 Å². The summed E-state index contributed by atoms with van der Waals surface area (Å²) in [5, 5.41) is 3.39. The van der Waals surface area contributed by atoms with Crippen LogP contribution in [0.25, 0.3) is 0 Å². The fourth-order valence-corrected chi connectivity index (χ4v) is 2.94. The molecular weight excluding hydrogens is 204 g/mol. The van der Waals surface area contributed by atoms with Crippen molar-refractivity contribution in [3.63, 3.8) is 0 Å². The van der Waals surface area contributed by atoms with Gasteiger partial charge in [-0.1, -0.05) is 0 Å². The van der Waals surface area contributed by atoms with Gasteiger partial charge in [-0.2, -0.15) is 0 Å². The molecule has 2 unspecified atom stereocenters. The molecule has 4 heteroatoms. The second kappa shape index (κ2) is 4.24. The molecule has 90 valence electrons. The average molecular weight is 224 g/mol. The summed E-state index contributed by atoms with van der Waals surface area (Å²) in [5.41, 5.74) is 0. The van der Waals surface area contributed by atoms with Gasteiger partial charge >= 0.3 is 6.09 Å². The number of hydrogen-bond donors (Lipinski definition) is 1. The minimum Gasteiger partial charge on any atom is -0.444 e. The zero-order valence-corrected chi connectivity index (χ0v) is 9.65. The van der Waals surface area contributed by atoms with Crippen molar-refractivity contribution in [3.05, 3.63) is 0 Å². The summed E-state index contributed by atoms with van der Waals surface area (Å²) in [5.74, 6) is 0.530. The summed E-state index contributed by atoms with van der Waals surface area (Å²) < 4.78 is 5.52. The highest BCUT2D eigenvalue weighted by molar-refractivity contribution is 5.70. The predicted octanol–water partition coefficient (Wildman–Crippen LogP) is 1.36. The zero-order chi connectivity index (χ0) is 11.0. The number of amides is 1. The lowest BCUT2D eigenvalue weighted by Gasteiger charge is -2.33. The molecule has 3 rings (SSSR count). The highest BCUT2D eigenvalue weighted by Gasteiger charge is 2.41. The topological polar surface area (TPSA) is 41.6 Å². The van der Waals surface area contributed by atoms with Gasteiger partial charge < -0.3 is 15.0 Å². The number of piperidine rings is 1. The molecule has 2 aliphatic heterocycles. The lowest BCUT2D eigenvalue weighted by atomic mass is 9.90. The molecule has 0 spiro atoms. The molecule has 16 heavy (non-hydrogen) atoms. The van der Waals surface area contributed by atoms with Gasteiger partial charge in [-0.15, -0.1) is 0 Å². The van der Waals surface area contributed by atoms with Crippen LogP contribution < -0.4 is 5.32 Å². The molecule has 0 radical (unpaired) electrons. The van der Waals surface area contributed by atoms with E-state index in [4.69, 9.17) is 4.74 Å². The Morgan fingerprint density at radius 3 is 2.75 bits per heavy atom. The fraction of sp³-hybridized carbons (Fsp3) is 0.917. The Kier molecular flexibility index (Phi) is 2.75. The SMILES string of the molecule is O=C1OC(C2CCCNC2)CN1C1CCC1. The van der Waals surface area contributed by atoms with Gasteiger partial charge in [0.2, 0.25) is 0 Å². The van der Waals surface area contributed by atoms with Crippen LogP contribution in [0.4, 0.5) is 4.79 Å². The molecule has 1 N–H and O–H groups in total. The monoisotopic (exact) mass is 224 g/mol. The minimum atomic E-state index is -0.0692. The van der Waals surface area contributed by atoms with E-state index in [1.165, 1.54) is 32.1 Å². The highest BCUT2D eigenvalue weighted by atomic mass is 16.6. The van der Waals surface area contributed by atoms with E-state index in [1.54, 1.807) is 0 Å². The molecule has 2 atom stereocenters. The summed E-state index contributed by atoms with van der Waals surface area (Å²) in [7, 11) is 0. The molecule has 1 saturated carbocycles. The van der Waals surface area contributed by atoms with Crippen LogP contribution in [0.1, 0.15) is 32.1 Å². The number of hydrogen-bond acceptors (Lipinski definition) is 3. The van der Waals surface area contributed by atoms with Crippen LogP contribution in [0.3, 0.4) is 0 Å². The quantitative estimate of drug-likeness (QED) is 0.770. The first kappa shape index (κ1) is 10.4. The first-order valence-corrected chi connectivity index (χ1v) is 6.52. The minimum absolute atomic E-state index is 0.0692. The largest absolute Gasteiger partial charge is 0.444 e. The van der Waals surface area contributed by atoms with Gasteiger partial charge in [0.15, 0.2) is 0 Å². The maximum Gasteiger partial charge on any atom is 0.410 e. The first-order chi connectivity index (χ1) is 7.84. The van der Waals surface area contributed by atoms with Crippen molar-refractivity contribution in [2.24, 2.45) is 5.92 Å². The molecule has 0 bridgehead atoms. The van der Waals surface area contributed by atoms with Gasteiger partial charge in [0.25, 0.3) is 0 Å². The van der Waals surface area contributed by atoms with E-state index in [0.717, 1.165) is 19.6 Å². The van der Waals surface area contributed by atoms with Crippen LogP contribution in [0.2, 0.25) is 0 Å². The molecular formula is C12H20N2O2. The predicted molar refractivity (Wildman–Crippen MR) is 60.2 cm³/mol. The Labute approximate surface area is 96.3 Å². The van der Waals surface area contributed by atoms with E-state index in [9.17, 15) is 4.79 Å². The summed E-state index contributed by atoms with van der Waals surface area (Å²) >= 11 is 0. The molecule has 1 aliphatic carbocycles. The Balaban J connectivity index is 1.59. The van der Waals surface area contributed by atoms with Crippen molar-refractivity contribution in [1.82, 2.24) is 10.2 Å². The van der Waals surface area contributed by atoms with Crippen LogP contribution in [0.15, 0.2) is 0 Å². The van der Waals surface area contributed by atoms with Crippen molar-refractivity contribution in [3.8, 4) is 0 Å². The van der Waals surface area contributed by atoms with E-state index in [2.05, 4.69) is 5.32 Å². The van der Waals surface area contributed by atoms with E-state index in [-0.39, 0.29) is 12.2 Å². The maximum atomic E-state index is 11.7. The normalized spacial score (nSPS) is 36.0. The van der Waals surface area contributed by atoms with E-state index >= 15 is 0 Å². The molecule has 0 aromatic rings. The number of carbonyl (C=O) groups is 1. The Hall–Kier alpha value is -0.770.